The maximum atomic E-state index is 12.3. The standard InChI is InChI=1S/C14H21NO3S/c1-8(2)14(5,6-12(16)17)15-13(18)11-7-19-10(4)9(11)3/h7-8H,6H2,1-5H3,(H,15,18)(H,16,17). The molecule has 0 aliphatic carbocycles. The van der Waals surface area contributed by atoms with E-state index >= 15 is 0 Å². The molecule has 0 saturated carbocycles. The number of amides is 1. The zero-order valence-electron chi connectivity index (χ0n) is 12.0. The van der Waals surface area contributed by atoms with Crippen molar-refractivity contribution < 1.29 is 14.7 Å². The Morgan fingerprint density at radius 3 is 2.37 bits per heavy atom. The summed E-state index contributed by atoms with van der Waals surface area (Å²) in [7, 11) is 0. The van der Waals surface area contributed by atoms with Gasteiger partial charge in [0.15, 0.2) is 0 Å². The van der Waals surface area contributed by atoms with Crippen LogP contribution in [0.5, 0.6) is 0 Å². The minimum Gasteiger partial charge on any atom is -0.481 e. The van der Waals surface area contributed by atoms with E-state index in [4.69, 9.17) is 5.11 Å². The van der Waals surface area contributed by atoms with Gasteiger partial charge in [-0.2, -0.15) is 0 Å². The first-order valence-electron chi connectivity index (χ1n) is 6.26. The molecule has 0 spiro atoms. The second-order valence-electron chi connectivity index (χ2n) is 5.43. The quantitative estimate of drug-likeness (QED) is 0.873. The van der Waals surface area contributed by atoms with Crippen LogP contribution in [0.15, 0.2) is 5.38 Å². The van der Waals surface area contributed by atoms with Crippen LogP contribution in [0.1, 0.15) is 48.0 Å². The predicted octanol–water partition coefficient (Wildman–Crippen LogP) is 2.98. The van der Waals surface area contributed by atoms with Gasteiger partial charge in [0.05, 0.1) is 17.5 Å². The van der Waals surface area contributed by atoms with Crippen molar-refractivity contribution in [2.24, 2.45) is 5.92 Å². The summed E-state index contributed by atoms with van der Waals surface area (Å²) in [4.78, 5) is 24.3. The fourth-order valence-electron chi connectivity index (χ4n) is 1.77. The molecule has 1 rings (SSSR count). The highest BCUT2D eigenvalue weighted by Gasteiger charge is 2.33. The van der Waals surface area contributed by atoms with Crippen molar-refractivity contribution in [2.45, 2.75) is 46.6 Å². The van der Waals surface area contributed by atoms with Gasteiger partial charge >= 0.3 is 5.97 Å². The van der Waals surface area contributed by atoms with Crippen molar-refractivity contribution >= 4 is 23.2 Å². The minimum atomic E-state index is -0.908. The molecular weight excluding hydrogens is 262 g/mol. The minimum absolute atomic E-state index is 0.0348. The second kappa shape index (κ2) is 5.74. The fraction of sp³-hybridized carbons (Fsp3) is 0.571. The van der Waals surface area contributed by atoms with Crippen LogP contribution in [0.4, 0.5) is 0 Å². The summed E-state index contributed by atoms with van der Waals surface area (Å²) < 4.78 is 0. The Labute approximate surface area is 117 Å². The van der Waals surface area contributed by atoms with E-state index < -0.39 is 11.5 Å². The Kier molecular flexibility index (Phi) is 4.74. The average molecular weight is 283 g/mol. The molecule has 0 aliphatic heterocycles. The molecule has 0 radical (unpaired) electrons. The summed E-state index contributed by atoms with van der Waals surface area (Å²) in [6.07, 6.45) is -0.0847. The third-order valence-electron chi connectivity index (χ3n) is 3.72. The molecule has 0 fully saturated rings. The molecule has 5 heteroatoms. The van der Waals surface area contributed by atoms with E-state index in [0.717, 1.165) is 10.4 Å². The van der Waals surface area contributed by atoms with Crippen LogP contribution in [-0.4, -0.2) is 22.5 Å². The van der Waals surface area contributed by atoms with Crippen LogP contribution < -0.4 is 5.32 Å². The van der Waals surface area contributed by atoms with E-state index in [9.17, 15) is 9.59 Å². The first kappa shape index (κ1) is 15.7. The molecule has 1 heterocycles. The van der Waals surface area contributed by atoms with Gasteiger partial charge in [-0.05, 0) is 32.3 Å². The zero-order valence-corrected chi connectivity index (χ0v) is 12.9. The van der Waals surface area contributed by atoms with Gasteiger partial charge in [0.2, 0.25) is 0 Å². The molecule has 1 amide bonds. The highest BCUT2D eigenvalue weighted by atomic mass is 32.1. The molecule has 1 aromatic rings. The number of rotatable bonds is 5. The monoisotopic (exact) mass is 283 g/mol. The van der Waals surface area contributed by atoms with Crippen molar-refractivity contribution in [2.75, 3.05) is 0 Å². The SMILES string of the molecule is Cc1scc(C(=O)NC(C)(CC(=O)O)C(C)C)c1C. The number of thiophene rings is 1. The van der Waals surface area contributed by atoms with Gasteiger partial charge in [-0.3, -0.25) is 9.59 Å². The topological polar surface area (TPSA) is 66.4 Å². The van der Waals surface area contributed by atoms with Crippen LogP contribution in [-0.2, 0) is 4.79 Å². The number of carboxylic acid groups (broad SMARTS) is 1. The number of carbonyl (C=O) groups is 2. The number of nitrogens with one attached hydrogen (secondary N) is 1. The van der Waals surface area contributed by atoms with Gasteiger partial charge in [0.25, 0.3) is 5.91 Å². The van der Waals surface area contributed by atoms with Crippen LogP contribution in [0.25, 0.3) is 0 Å². The summed E-state index contributed by atoms with van der Waals surface area (Å²) >= 11 is 1.53. The molecule has 0 saturated heterocycles. The Hall–Kier alpha value is -1.36. The summed E-state index contributed by atoms with van der Waals surface area (Å²) in [6.45, 7) is 9.47. The molecule has 106 valence electrons. The summed E-state index contributed by atoms with van der Waals surface area (Å²) in [5, 5.41) is 13.7. The Morgan fingerprint density at radius 1 is 1.42 bits per heavy atom. The van der Waals surface area contributed by atoms with Crippen LogP contribution in [0, 0.1) is 19.8 Å². The third kappa shape index (κ3) is 3.56. The highest BCUT2D eigenvalue weighted by Crippen LogP contribution is 2.24. The van der Waals surface area contributed by atoms with Crippen LogP contribution >= 0.6 is 11.3 Å². The number of hydrogen-bond donors (Lipinski definition) is 2. The van der Waals surface area contributed by atoms with Gasteiger partial charge in [-0.1, -0.05) is 13.8 Å². The lowest BCUT2D eigenvalue weighted by Crippen LogP contribution is -2.51. The number of aliphatic carboxylic acids is 1. The molecule has 1 atom stereocenters. The summed E-state index contributed by atoms with van der Waals surface area (Å²) in [5.74, 6) is -1.07. The van der Waals surface area contributed by atoms with E-state index in [-0.39, 0.29) is 18.2 Å². The second-order valence-corrected chi connectivity index (χ2v) is 6.51. The van der Waals surface area contributed by atoms with Gasteiger partial charge in [0, 0.05) is 10.3 Å². The Bertz CT molecular complexity index is 493. The highest BCUT2D eigenvalue weighted by molar-refractivity contribution is 7.10. The van der Waals surface area contributed by atoms with Crippen molar-refractivity contribution in [3.8, 4) is 0 Å². The maximum absolute atomic E-state index is 12.3. The molecule has 1 unspecified atom stereocenters. The molecule has 1 aromatic heterocycles. The lowest BCUT2D eigenvalue weighted by atomic mass is 9.85. The molecule has 4 nitrogen and oxygen atoms in total. The first-order valence-corrected chi connectivity index (χ1v) is 7.14. The van der Waals surface area contributed by atoms with E-state index in [1.165, 1.54) is 11.3 Å². The number of hydrogen-bond acceptors (Lipinski definition) is 3. The number of aryl methyl sites for hydroxylation is 1. The molecule has 19 heavy (non-hydrogen) atoms. The van der Waals surface area contributed by atoms with Crippen molar-refractivity contribution in [3.63, 3.8) is 0 Å². The Morgan fingerprint density at radius 2 is 2.00 bits per heavy atom. The Balaban J connectivity index is 2.94. The lowest BCUT2D eigenvalue weighted by Gasteiger charge is -2.33. The molecule has 2 N–H and O–H groups in total. The van der Waals surface area contributed by atoms with Crippen molar-refractivity contribution in [1.82, 2.24) is 5.32 Å². The zero-order chi connectivity index (χ0) is 14.8. The number of carboxylic acids is 1. The normalized spacial score (nSPS) is 14.2. The smallest absolute Gasteiger partial charge is 0.305 e. The van der Waals surface area contributed by atoms with Crippen LogP contribution in [0.3, 0.4) is 0 Å². The van der Waals surface area contributed by atoms with E-state index in [2.05, 4.69) is 5.32 Å². The third-order valence-corrected chi connectivity index (χ3v) is 4.74. The van der Waals surface area contributed by atoms with Gasteiger partial charge in [0.1, 0.15) is 0 Å². The molecule has 0 aliphatic rings. The fourth-order valence-corrected chi connectivity index (χ4v) is 2.64. The van der Waals surface area contributed by atoms with E-state index in [1.807, 2.05) is 33.1 Å². The molecular formula is C14H21NO3S. The van der Waals surface area contributed by atoms with Gasteiger partial charge in [-0.25, -0.2) is 0 Å². The van der Waals surface area contributed by atoms with E-state index in [1.54, 1.807) is 6.92 Å². The average Bonchev–Trinajstić information content (AvgIpc) is 2.58. The lowest BCUT2D eigenvalue weighted by molar-refractivity contribution is -0.138. The molecule has 0 bridgehead atoms. The number of carbonyl (C=O) groups excluding carboxylic acids is 1. The van der Waals surface area contributed by atoms with Gasteiger partial charge in [-0.15, -0.1) is 11.3 Å². The first-order chi connectivity index (χ1) is 8.67. The van der Waals surface area contributed by atoms with Crippen molar-refractivity contribution in [1.29, 1.82) is 0 Å². The van der Waals surface area contributed by atoms with Gasteiger partial charge < -0.3 is 10.4 Å². The summed E-state index contributed by atoms with van der Waals surface area (Å²) in [6, 6.07) is 0. The largest absolute Gasteiger partial charge is 0.481 e. The maximum Gasteiger partial charge on any atom is 0.305 e. The van der Waals surface area contributed by atoms with Crippen molar-refractivity contribution in [3.05, 3.63) is 21.4 Å². The van der Waals surface area contributed by atoms with E-state index in [0.29, 0.717) is 5.56 Å². The summed E-state index contributed by atoms with van der Waals surface area (Å²) in [5.41, 5.74) is 0.856. The van der Waals surface area contributed by atoms with Crippen LogP contribution in [0.2, 0.25) is 0 Å². The predicted molar refractivity (Wildman–Crippen MR) is 76.8 cm³/mol. The molecule has 0 aromatic carbocycles.